The molecule has 29 heavy (non-hydrogen) atoms. The zero-order valence-corrected chi connectivity index (χ0v) is 16.7. The van der Waals surface area contributed by atoms with Gasteiger partial charge in [0.2, 0.25) is 0 Å². The first-order chi connectivity index (χ1) is 14.0. The van der Waals surface area contributed by atoms with E-state index in [1.807, 2.05) is 6.92 Å². The van der Waals surface area contributed by atoms with Crippen LogP contribution in [0.5, 0.6) is 0 Å². The average molecular weight is 413 g/mol. The van der Waals surface area contributed by atoms with Gasteiger partial charge in [-0.25, -0.2) is 4.39 Å². The number of amides is 2. The van der Waals surface area contributed by atoms with E-state index in [1.54, 1.807) is 17.0 Å². The maximum atomic E-state index is 13.6. The Kier molecular flexibility index (Phi) is 5.23. The number of fused-ring (bicyclic) bond motifs is 1. The second-order valence-corrected chi connectivity index (χ2v) is 7.87. The highest BCUT2D eigenvalue weighted by atomic mass is 32.1. The first kappa shape index (κ1) is 19.4. The molecule has 0 saturated carbocycles. The van der Waals surface area contributed by atoms with E-state index in [0.717, 1.165) is 24.4 Å². The first-order valence-corrected chi connectivity index (χ1v) is 10.3. The van der Waals surface area contributed by atoms with Crippen molar-refractivity contribution < 1.29 is 14.0 Å². The monoisotopic (exact) mass is 413 g/mol. The van der Waals surface area contributed by atoms with Gasteiger partial charge in [-0.1, -0.05) is 11.4 Å². The summed E-state index contributed by atoms with van der Waals surface area (Å²) in [4.78, 5) is 32.0. The lowest BCUT2D eigenvalue weighted by molar-refractivity contribution is 0.0709. The highest BCUT2D eigenvalue weighted by Crippen LogP contribution is 2.31. The Morgan fingerprint density at radius 3 is 2.93 bits per heavy atom. The number of benzene rings is 1. The van der Waals surface area contributed by atoms with Crippen LogP contribution in [0.2, 0.25) is 0 Å². The predicted molar refractivity (Wildman–Crippen MR) is 107 cm³/mol. The summed E-state index contributed by atoms with van der Waals surface area (Å²) < 4.78 is 17.5. The van der Waals surface area contributed by atoms with Gasteiger partial charge in [-0.2, -0.15) is 0 Å². The van der Waals surface area contributed by atoms with Crippen LogP contribution in [-0.4, -0.2) is 44.4 Å². The van der Waals surface area contributed by atoms with E-state index in [-0.39, 0.29) is 17.4 Å². The van der Waals surface area contributed by atoms with E-state index < -0.39 is 11.7 Å². The smallest absolute Gasteiger partial charge is 0.267 e. The van der Waals surface area contributed by atoms with Crippen molar-refractivity contribution in [1.29, 1.82) is 0 Å². The van der Waals surface area contributed by atoms with Crippen LogP contribution < -0.4 is 5.73 Å². The molecule has 2 aromatic heterocycles. The average Bonchev–Trinajstić information content (AvgIpc) is 3.21. The number of piperidine rings is 1. The van der Waals surface area contributed by atoms with Crippen LogP contribution in [-0.2, 0) is 6.42 Å². The molecular weight excluding hydrogens is 393 g/mol. The second kappa shape index (κ2) is 7.82. The molecule has 0 bridgehead atoms. The lowest BCUT2D eigenvalue weighted by atomic mass is 9.90. The first-order valence-electron chi connectivity index (χ1n) is 9.48. The molecule has 0 radical (unpaired) electrons. The number of likely N-dealkylation sites (tertiary alicyclic amines) is 1. The van der Waals surface area contributed by atoms with Crippen molar-refractivity contribution in [2.45, 2.75) is 32.1 Å². The summed E-state index contributed by atoms with van der Waals surface area (Å²) in [6.45, 7) is 2.99. The van der Waals surface area contributed by atoms with Crippen LogP contribution in [0.25, 0.3) is 10.9 Å². The van der Waals surface area contributed by atoms with Crippen LogP contribution in [0.15, 0.2) is 24.3 Å². The molecule has 1 fully saturated rings. The third kappa shape index (κ3) is 3.69. The number of aromatic nitrogens is 3. The number of halogens is 1. The molecule has 3 aromatic rings. The molecule has 1 aliphatic heterocycles. The van der Waals surface area contributed by atoms with E-state index in [9.17, 15) is 14.0 Å². The fourth-order valence-corrected chi connectivity index (χ4v) is 4.52. The molecule has 0 aliphatic carbocycles. The molecule has 150 valence electrons. The Bertz CT molecular complexity index is 1100. The fourth-order valence-electron chi connectivity index (χ4n) is 3.80. The summed E-state index contributed by atoms with van der Waals surface area (Å²) in [5.41, 5.74) is 7.72. The number of aryl methyl sites for hydroxylation is 1. The van der Waals surface area contributed by atoms with Crippen molar-refractivity contribution in [2.75, 3.05) is 13.1 Å². The number of hydrogen-bond acceptors (Lipinski definition) is 6. The zero-order valence-electron chi connectivity index (χ0n) is 15.9. The third-order valence-electron chi connectivity index (χ3n) is 5.25. The molecule has 1 aromatic carbocycles. The molecule has 7 nitrogen and oxygen atoms in total. The number of nitrogens with two attached hydrogens (primary N) is 1. The topological polar surface area (TPSA) is 102 Å². The van der Waals surface area contributed by atoms with Crippen molar-refractivity contribution in [2.24, 2.45) is 5.73 Å². The van der Waals surface area contributed by atoms with Gasteiger partial charge in [0.1, 0.15) is 10.7 Å². The van der Waals surface area contributed by atoms with Crippen molar-refractivity contribution in [3.05, 3.63) is 51.9 Å². The van der Waals surface area contributed by atoms with Crippen LogP contribution in [0.3, 0.4) is 0 Å². The highest BCUT2D eigenvalue weighted by molar-refractivity contribution is 7.08. The molecule has 3 heterocycles. The van der Waals surface area contributed by atoms with E-state index >= 15 is 0 Å². The fraction of sp³-hybridized carbons (Fsp3) is 0.350. The molecule has 1 aliphatic rings. The maximum Gasteiger partial charge on any atom is 0.267 e. The number of rotatable bonds is 4. The Labute approximate surface area is 170 Å². The van der Waals surface area contributed by atoms with Gasteiger partial charge in [-0.3, -0.25) is 14.6 Å². The Balaban J connectivity index is 1.68. The van der Waals surface area contributed by atoms with Gasteiger partial charge >= 0.3 is 0 Å². The number of carbonyl (C=O) groups is 2. The van der Waals surface area contributed by atoms with E-state index in [4.69, 9.17) is 5.73 Å². The predicted octanol–water partition coefficient (Wildman–Crippen LogP) is 2.91. The van der Waals surface area contributed by atoms with Crippen LogP contribution >= 0.6 is 11.5 Å². The van der Waals surface area contributed by atoms with Crippen LogP contribution in [0.1, 0.15) is 57.1 Å². The number of hydrogen-bond donors (Lipinski definition) is 1. The molecule has 1 unspecified atom stereocenters. The summed E-state index contributed by atoms with van der Waals surface area (Å²) >= 11 is 1.11. The number of primary amides is 1. The van der Waals surface area contributed by atoms with Gasteiger partial charge < -0.3 is 10.6 Å². The molecule has 2 amide bonds. The van der Waals surface area contributed by atoms with Gasteiger partial charge in [-0.15, -0.1) is 5.10 Å². The molecule has 4 rings (SSSR count). The summed E-state index contributed by atoms with van der Waals surface area (Å²) in [5.74, 6) is -1.23. The lowest BCUT2D eigenvalue weighted by Gasteiger charge is -2.33. The number of nitrogens with zero attached hydrogens (tertiary/aromatic N) is 4. The van der Waals surface area contributed by atoms with Crippen LogP contribution in [0, 0.1) is 5.82 Å². The maximum absolute atomic E-state index is 13.6. The molecular formula is C20H20FN5O2S. The Hall–Kier alpha value is -2.94. The zero-order chi connectivity index (χ0) is 20.5. The normalized spacial score (nSPS) is 16.9. The van der Waals surface area contributed by atoms with E-state index in [1.165, 1.54) is 12.1 Å². The SMILES string of the molecule is CCc1nnsc1C(=O)N1CCCC(c2nc3ccc(F)cc3cc2C(N)=O)C1. The van der Waals surface area contributed by atoms with Gasteiger partial charge in [0.25, 0.3) is 11.8 Å². The Morgan fingerprint density at radius 1 is 1.34 bits per heavy atom. The van der Waals surface area contributed by atoms with Gasteiger partial charge in [0.05, 0.1) is 22.5 Å². The largest absolute Gasteiger partial charge is 0.366 e. The highest BCUT2D eigenvalue weighted by Gasteiger charge is 2.31. The number of pyridine rings is 1. The van der Waals surface area contributed by atoms with Crippen molar-refractivity contribution >= 4 is 34.2 Å². The van der Waals surface area contributed by atoms with Gasteiger partial charge in [0, 0.05) is 24.4 Å². The summed E-state index contributed by atoms with van der Waals surface area (Å²) in [6, 6.07) is 5.84. The molecule has 9 heteroatoms. The minimum absolute atomic E-state index is 0.0926. The second-order valence-electron chi connectivity index (χ2n) is 7.12. The standard InChI is InChI=1S/C20H20FN5O2S/c1-2-15-18(29-25-24-15)20(28)26-7-3-4-11(10-26)17-14(19(22)27)9-12-8-13(21)5-6-16(12)23-17/h5-6,8-9,11H,2-4,7,10H2,1H3,(H2,22,27). The summed E-state index contributed by atoms with van der Waals surface area (Å²) in [6.07, 6.45) is 2.21. The van der Waals surface area contributed by atoms with Crippen molar-refractivity contribution in [3.8, 4) is 0 Å². The lowest BCUT2D eigenvalue weighted by Crippen LogP contribution is -2.39. The summed E-state index contributed by atoms with van der Waals surface area (Å²) in [7, 11) is 0. The van der Waals surface area contributed by atoms with E-state index in [2.05, 4.69) is 14.6 Å². The molecule has 2 N–H and O–H groups in total. The van der Waals surface area contributed by atoms with Gasteiger partial charge in [0.15, 0.2) is 0 Å². The third-order valence-corrected chi connectivity index (χ3v) is 6.01. The summed E-state index contributed by atoms with van der Waals surface area (Å²) in [5, 5.41) is 4.55. The van der Waals surface area contributed by atoms with Crippen molar-refractivity contribution in [3.63, 3.8) is 0 Å². The quantitative estimate of drug-likeness (QED) is 0.709. The van der Waals surface area contributed by atoms with Crippen molar-refractivity contribution in [1.82, 2.24) is 19.5 Å². The molecule has 1 saturated heterocycles. The Morgan fingerprint density at radius 2 is 2.17 bits per heavy atom. The minimum atomic E-state index is -0.609. The molecule has 0 spiro atoms. The molecule has 1 atom stereocenters. The van der Waals surface area contributed by atoms with E-state index in [0.29, 0.717) is 46.7 Å². The van der Waals surface area contributed by atoms with Gasteiger partial charge in [-0.05, 0) is 55.1 Å². The number of carbonyl (C=O) groups excluding carboxylic acids is 2. The van der Waals surface area contributed by atoms with Crippen LogP contribution in [0.4, 0.5) is 4.39 Å². The minimum Gasteiger partial charge on any atom is -0.366 e.